The van der Waals surface area contributed by atoms with E-state index in [1.165, 1.54) is 26.0 Å². The molecular weight excluding hydrogens is 414 g/mol. The Kier molecular flexibility index (Phi) is 4.46. The van der Waals surface area contributed by atoms with Crippen LogP contribution < -0.4 is 5.73 Å². The summed E-state index contributed by atoms with van der Waals surface area (Å²) < 4.78 is 57.4. The van der Waals surface area contributed by atoms with Crippen molar-refractivity contribution in [1.29, 1.82) is 0 Å². The summed E-state index contributed by atoms with van der Waals surface area (Å²) in [6.07, 6.45) is 1.29. The Morgan fingerprint density at radius 1 is 1.20 bits per heavy atom. The average Bonchev–Trinajstić information content (AvgIpc) is 3.03. The van der Waals surface area contributed by atoms with Gasteiger partial charge in [0, 0.05) is 18.1 Å². The molecule has 10 heteroatoms. The number of nitrogens with zero attached hydrogens (tertiary/aromatic N) is 3. The van der Waals surface area contributed by atoms with E-state index in [1.807, 2.05) is 0 Å². The molecule has 0 saturated heterocycles. The summed E-state index contributed by atoms with van der Waals surface area (Å²) in [5.74, 6) is -1.56. The molecule has 0 radical (unpaired) electrons. The van der Waals surface area contributed by atoms with Crippen molar-refractivity contribution >= 4 is 26.8 Å². The van der Waals surface area contributed by atoms with Gasteiger partial charge >= 0.3 is 0 Å². The summed E-state index contributed by atoms with van der Waals surface area (Å²) >= 11 is 0. The van der Waals surface area contributed by atoms with Gasteiger partial charge in [-0.2, -0.15) is 0 Å². The van der Waals surface area contributed by atoms with Crippen LogP contribution in [-0.2, 0) is 21.8 Å². The molecule has 158 valence electrons. The second kappa shape index (κ2) is 6.56. The molecule has 0 saturated carbocycles. The van der Waals surface area contributed by atoms with Crippen molar-refractivity contribution in [1.82, 2.24) is 10.1 Å². The Hall–Kier alpha value is -2.88. The lowest BCUT2D eigenvalue weighted by Crippen LogP contribution is -2.55. The van der Waals surface area contributed by atoms with Crippen LogP contribution in [0, 0.1) is 11.6 Å². The molecule has 30 heavy (non-hydrogen) atoms. The first-order chi connectivity index (χ1) is 13.9. The zero-order valence-electron chi connectivity index (χ0n) is 16.6. The van der Waals surface area contributed by atoms with Crippen LogP contribution in [0.25, 0.3) is 11.1 Å². The topological polar surface area (TPSA) is 111 Å². The highest BCUT2D eigenvalue weighted by atomic mass is 32.2. The van der Waals surface area contributed by atoms with Crippen LogP contribution in [0.4, 0.5) is 8.78 Å². The summed E-state index contributed by atoms with van der Waals surface area (Å²) in [4.78, 5) is 8.38. The van der Waals surface area contributed by atoms with E-state index in [4.69, 9.17) is 10.3 Å². The molecule has 1 aromatic carbocycles. The molecule has 0 aliphatic carbocycles. The van der Waals surface area contributed by atoms with Crippen LogP contribution in [0.5, 0.6) is 0 Å². The highest BCUT2D eigenvalue weighted by Gasteiger charge is 2.49. The Morgan fingerprint density at radius 2 is 1.93 bits per heavy atom. The fraction of sp³-hybridized carbons (Fsp3) is 0.350. The lowest BCUT2D eigenvalue weighted by Gasteiger charge is -2.38. The Bertz CT molecular complexity index is 1300. The lowest BCUT2D eigenvalue weighted by molar-refractivity contribution is 0.446. The molecule has 0 spiro atoms. The van der Waals surface area contributed by atoms with Crippen LogP contribution >= 0.6 is 0 Å². The van der Waals surface area contributed by atoms with Crippen molar-refractivity contribution in [2.75, 3.05) is 5.75 Å². The number of benzene rings is 1. The van der Waals surface area contributed by atoms with E-state index in [1.54, 1.807) is 19.1 Å². The predicted molar refractivity (Wildman–Crippen MR) is 108 cm³/mol. The Balaban J connectivity index is 1.76. The molecule has 1 atom stereocenters. The van der Waals surface area contributed by atoms with E-state index >= 15 is 0 Å². The molecule has 3 heterocycles. The molecule has 0 amide bonds. The van der Waals surface area contributed by atoms with Crippen LogP contribution in [0.1, 0.15) is 37.6 Å². The minimum absolute atomic E-state index is 0.0604. The number of aliphatic imine (C=N–C) groups is 1. The van der Waals surface area contributed by atoms with Gasteiger partial charge < -0.3 is 10.3 Å². The first kappa shape index (κ1) is 20.4. The summed E-state index contributed by atoms with van der Waals surface area (Å²) in [5.41, 5.74) is 6.41. The Morgan fingerprint density at radius 3 is 2.63 bits per heavy atom. The van der Waals surface area contributed by atoms with Crippen LogP contribution in [0.15, 0.2) is 40.0 Å². The predicted octanol–water partition coefficient (Wildman–Crippen LogP) is 2.87. The summed E-state index contributed by atoms with van der Waals surface area (Å²) in [5, 5.41) is 3.93. The molecule has 3 aromatic rings. The molecule has 0 fully saturated rings. The quantitative estimate of drug-likeness (QED) is 0.679. The highest BCUT2D eigenvalue weighted by molar-refractivity contribution is 7.93. The maximum Gasteiger partial charge on any atom is 0.188 e. The van der Waals surface area contributed by atoms with Crippen molar-refractivity contribution in [2.24, 2.45) is 10.7 Å². The van der Waals surface area contributed by atoms with Crippen molar-refractivity contribution in [3.63, 3.8) is 0 Å². The molecule has 1 aliphatic rings. The second-order valence-electron chi connectivity index (χ2n) is 8.16. The van der Waals surface area contributed by atoms with E-state index in [2.05, 4.69) is 15.1 Å². The molecule has 4 rings (SSSR count). The van der Waals surface area contributed by atoms with Gasteiger partial charge in [0.1, 0.15) is 39.0 Å². The number of hydrogen-bond acceptors (Lipinski definition) is 7. The number of pyridine rings is 1. The highest BCUT2D eigenvalue weighted by Crippen LogP contribution is 2.38. The third-order valence-corrected chi connectivity index (χ3v) is 8.27. The number of nitrogens with two attached hydrogens (primary N) is 1. The maximum atomic E-state index is 14.8. The van der Waals surface area contributed by atoms with E-state index in [0.717, 1.165) is 6.20 Å². The zero-order chi connectivity index (χ0) is 21.9. The molecule has 0 bridgehead atoms. The first-order valence-electron chi connectivity index (χ1n) is 9.20. The van der Waals surface area contributed by atoms with E-state index in [0.29, 0.717) is 16.8 Å². The van der Waals surface area contributed by atoms with Crippen molar-refractivity contribution < 1.29 is 21.7 Å². The van der Waals surface area contributed by atoms with E-state index < -0.39 is 31.8 Å². The van der Waals surface area contributed by atoms with Gasteiger partial charge in [-0.25, -0.2) is 22.2 Å². The monoisotopic (exact) mass is 434 g/mol. The molecular formula is C20H20F2N4O3S. The third kappa shape index (κ3) is 3.15. The molecule has 1 aliphatic heterocycles. The van der Waals surface area contributed by atoms with Gasteiger partial charge in [0.15, 0.2) is 15.4 Å². The van der Waals surface area contributed by atoms with E-state index in [9.17, 15) is 17.2 Å². The summed E-state index contributed by atoms with van der Waals surface area (Å²) in [7, 11) is -3.67. The lowest BCUT2D eigenvalue weighted by atomic mass is 9.91. The first-order valence-corrected chi connectivity index (χ1v) is 10.8. The number of rotatable bonds is 3. The van der Waals surface area contributed by atoms with Crippen LogP contribution in [-0.4, -0.2) is 34.9 Å². The fourth-order valence-electron chi connectivity index (χ4n) is 3.54. The minimum atomic E-state index is -3.67. The van der Waals surface area contributed by atoms with Gasteiger partial charge in [0.2, 0.25) is 0 Å². The fourth-order valence-corrected chi connectivity index (χ4v) is 5.22. The number of hydrogen-bond donors (Lipinski definition) is 1. The van der Waals surface area contributed by atoms with Gasteiger partial charge in [0.25, 0.3) is 0 Å². The Labute approximate surface area is 171 Å². The van der Waals surface area contributed by atoms with Gasteiger partial charge in [-0.15, -0.1) is 0 Å². The SMILES string of the molecule is CC1(C)C(N)=N[C@](C)(c2cc(Cc3noc4cc(F)cnc34)ccc2F)CS1(=O)=O. The van der Waals surface area contributed by atoms with Crippen molar-refractivity contribution in [3.8, 4) is 0 Å². The number of amidine groups is 1. The van der Waals surface area contributed by atoms with Gasteiger partial charge in [0.05, 0.1) is 11.9 Å². The van der Waals surface area contributed by atoms with Crippen molar-refractivity contribution in [2.45, 2.75) is 37.5 Å². The average molecular weight is 434 g/mol. The number of aromatic nitrogens is 2. The van der Waals surface area contributed by atoms with Gasteiger partial charge in [-0.1, -0.05) is 17.3 Å². The van der Waals surface area contributed by atoms with Gasteiger partial charge in [-0.05, 0) is 32.4 Å². The molecule has 2 aromatic heterocycles. The van der Waals surface area contributed by atoms with Gasteiger partial charge in [-0.3, -0.25) is 4.99 Å². The van der Waals surface area contributed by atoms with Crippen LogP contribution in [0.2, 0.25) is 0 Å². The molecule has 0 unspecified atom stereocenters. The smallest absolute Gasteiger partial charge is 0.188 e. The third-order valence-electron chi connectivity index (χ3n) is 5.56. The maximum absolute atomic E-state index is 14.8. The molecule has 2 N–H and O–H groups in total. The standard InChI is InChI=1S/C20H20F2N4O3S/c1-19(2)18(23)25-20(3,10-30(19,27)28)13-6-11(4-5-14(13)22)7-15-17-16(29-26-15)8-12(21)9-24-17/h4-6,8-9H,7,10H2,1-3H3,(H2,23,25)/t20-/m0/s1. The van der Waals surface area contributed by atoms with Crippen LogP contribution in [0.3, 0.4) is 0 Å². The van der Waals surface area contributed by atoms with Crippen molar-refractivity contribution in [3.05, 3.63) is 58.9 Å². The molecule has 7 nitrogen and oxygen atoms in total. The summed E-state index contributed by atoms with van der Waals surface area (Å²) in [6.45, 7) is 4.52. The minimum Gasteiger partial charge on any atom is -0.386 e. The number of halogens is 2. The summed E-state index contributed by atoms with van der Waals surface area (Å²) in [6, 6.07) is 5.54. The second-order valence-corrected chi connectivity index (χ2v) is 10.7. The van der Waals surface area contributed by atoms with E-state index in [-0.39, 0.29) is 29.2 Å². The largest absolute Gasteiger partial charge is 0.386 e. The number of fused-ring (bicyclic) bond motifs is 1. The number of sulfone groups is 1. The zero-order valence-corrected chi connectivity index (χ0v) is 17.4. The normalized spacial score (nSPS) is 22.8.